The van der Waals surface area contributed by atoms with E-state index >= 15 is 0 Å². The van der Waals surface area contributed by atoms with Gasteiger partial charge in [-0.25, -0.2) is 0 Å². The fourth-order valence-electron chi connectivity index (χ4n) is 2.18. The van der Waals surface area contributed by atoms with E-state index in [0.717, 1.165) is 12.2 Å². The van der Waals surface area contributed by atoms with Gasteiger partial charge in [-0.3, -0.25) is 4.79 Å². The Kier molecular flexibility index (Phi) is 5.71. The lowest BCUT2D eigenvalue weighted by Crippen LogP contribution is -2.31. The van der Waals surface area contributed by atoms with Crippen LogP contribution in [0.3, 0.4) is 0 Å². The molecule has 0 saturated heterocycles. The zero-order valence-corrected chi connectivity index (χ0v) is 15.2. The third-order valence-corrected chi connectivity index (χ3v) is 3.98. The minimum Gasteiger partial charge on any atom is -0.486 e. The molecule has 4 nitrogen and oxygen atoms in total. The maximum Gasteiger partial charge on any atom is 0.287 e. The second-order valence-electron chi connectivity index (χ2n) is 7.11. The summed E-state index contributed by atoms with van der Waals surface area (Å²) in [5.41, 5.74) is 1.38. The molecule has 24 heavy (non-hydrogen) atoms. The van der Waals surface area contributed by atoms with Crippen molar-refractivity contribution in [1.29, 1.82) is 0 Å². The molecule has 1 atom stereocenters. The fourth-order valence-corrected chi connectivity index (χ4v) is 2.18. The first-order valence-electron chi connectivity index (χ1n) is 8.42. The Balaban J connectivity index is 1.92. The number of amides is 1. The van der Waals surface area contributed by atoms with E-state index in [-0.39, 0.29) is 17.4 Å². The molecule has 1 aromatic heterocycles. The van der Waals surface area contributed by atoms with Crippen LogP contribution in [0.4, 0.5) is 0 Å². The first-order valence-corrected chi connectivity index (χ1v) is 8.42. The largest absolute Gasteiger partial charge is 0.486 e. The van der Waals surface area contributed by atoms with E-state index in [1.165, 1.54) is 5.56 Å². The summed E-state index contributed by atoms with van der Waals surface area (Å²) in [6, 6.07) is 11.6. The number of benzene rings is 1. The number of nitrogens with one attached hydrogen (secondary N) is 1. The lowest BCUT2D eigenvalue weighted by molar-refractivity contribution is 0.0907. The zero-order valence-electron chi connectivity index (χ0n) is 15.2. The average molecular weight is 329 g/mol. The molecule has 130 valence electrons. The van der Waals surface area contributed by atoms with E-state index in [0.29, 0.717) is 18.1 Å². The summed E-state index contributed by atoms with van der Waals surface area (Å²) < 4.78 is 11.3. The van der Waals surface area contributed by atoms with Crippen molar-refractivity contribution in [3.8, 4) is 5.75 Å². The molecule has 2 aromatic rings. The van der Waals surface area contributed by atoms with Crippen molar-refractivity contribution in [2.45, 2.75) is 59.1 Å². The van der Waals surface area contributed by atoms with Crippen LogP contribution in [0.1, 0.15) is 62.9 Å². The van der Waals surface area contributed by atoms with Crippen LogP contribution in [0.25, 0.3) is 0 Å². The van der Waals surface area contributed by atoms with Gasteiger partial charge in [-0.1, -0.05) is 39.8 Å². The molecular formula is C20H27NO3. The number of hydrogen-bond acceptors (Lipinski definition) is 3. The first-order chi connectivity index (χ1) is 11.3. The topological polar surface area (TPSA) is 51.5 Å². The van der Waals surface area contributed by atoms with Gasteiger partial charge in [0.1, 0.15) is 18.1 Å². The number of hydrogen-bond donors (Lipinski definition) is 1. The van der Waals surface area contributed by atoms with Gasteiger partial charge in [0.25, 0.3) is 5.91 Å². The molecule has 0 aliphatic carbocycles. The maximum atomic E-state index is 12.0. The summed E-state index contributed by atoms with van der Waals surface area (Å²) >= 11 is 0. The summed E-state index contributed by atoms with van der Waals surface area (Å²) in [6.45, 7) is 10.8. The minimum atomic E-state index is -0.190. The highest BCUT2D eigenvalue weighted by molar-refractivity contribution is 5.91. The third kappa shape index (κ3) is 4.88. The Morgan fingerprint density at radius 2 is 1.83 bits per heavy atom. The predicted octanol–water partition coefficient (Wildman–Crippen LogP) is 4.68. The van der Waals surface area contributed by atoms with Crippen LogP contribution in [0.2, 0.25) is 0 Å². The SMILES string of the molecule is CCC(C)NC(=O)c1ccc(COc2ccc(C(C)(C)C)cc2)o1. The zero-order chi connectivity index (χ0) is 17.7. The molecule has 2 rings (SSSR count). The smallest absolute Gasteiger partial charge is 0.287 e. The van der Waals surface area contributed by atoms with Gasteiger partial charge in [0.15, 0.2) is 5.76 Å². The van der Waals surface area contributed by atoms with Crippen LogP contribution in [0.15, 0.2) is 40.8 Å². The molecule has 0 spiro atoms. The summed E-state index contributed by atoms with van der Waals surface area (Å²) in [7, 11) is 0. The van der Waals surface area contributed by atoms with Crippen molar-refractivity contribution in [3.05, 3.63) is 53.5 Å². The van der Waals surface area contributed by atoms with Crippen LogP contribution in [-0.4, -0.2) is 11.9 Å². The van der Waals surface area contributed by atoms with Crippen molar-refractivity contribution >= 4 is 5.91 Å². The van der Waals surface area contributed by atoms with Gasteiger partial charge in [-0.2, -0.15) is 0 Å². The molecule has 4 heteroatoms. The molecule has 1 unspecified atom stereocenters. The first kappa shape index (κ1) is 18.1. The molecule has 0 aliphatic heterocycles. The van der Waals surface area contributed by atoms with E-state index in [2.05, 4.69) is 38.2 Å². The Labute approximate surface area is 144 Å². The van der Waals surface area contributed by atoms with E-state index in [9.17, 15) is 4.79 Å². The fraction of sp³-hybridized carbons (Fsp3) is 0.450. The molecule has 1 aromatic carbocycles. The number of furan rings is 1. The van der Waals surface area contributed by atoms with Crippen LogP contribution in [0.5, 0.6) is 5.75 Å². The standard InChI is InChI=1S/C20H27NO3/c1-6-14(2)21-19(22)18-12-11-17(24-18)13-23-16-9-7-15(8-10-16)20(3,4)5/h7-12,14H,6,13H2,1-5H3,(H,21,22). The van der Waals surface area contributed by atoms with Crippen molar-refractivity contribution < 1.29 is 13.9 Å². The van der Waals surface area contributed by atoms with Crippen LogP contribution < -0.4 is 10.1 Å². The normalized spacial score (nSPS) is 12.7. The van der Waals surface area contributed by atoms with Gasteiger partial charge in [0, 0.05) is 6.04 Å². The molecule has 0 radical (unpaired) electrons. The summed E-state index contributed by atoms with van der Waals surface area (Å²) in [5.74, 6) is 1.54. The highest BCUT2D eigenvalue weighted by Gasteiger charge is 2.14. The van der Waals surface area contributed by atoms with E-state index in [1.54, 1.807) is 12.1 Å². The molecule has 0 saturated carbocycles. The van der Waals surface area contributed by atoms with Gasteiger partial charge >= 0.3 is 0 Å². The highest BCUT2D eigenvalue weighted by Crippen LogP contribution is 2.24. The highest BCUT2D eigenvalue weighted by atomic mass is 16.5. The average Bonchev–Trinajstić information content (AvgIpc) is 3.01. The summed E-state index contributed by atoms with van der Waals surface area (Å²) in [4.78, 5) is 12.0. The molecule has 0 fully saturated rings. The minimum absolute atomic E-state index is 0.122. The second-order valence-corrected chi connectivity index (χ2v) is 7.11. The van der Waals surface area contributed by atoms with Crippen molar-refractivity contribution in [2.24, 2.45) is 0 Å². The Morgan fingerprint density at radius 1 is 1.17 bits per heavy atom. The Bertz CT molecular complexity index is 665. The van der Waals surface area contributed by atoms with Crippen LogP contribution in [0, 0.1) is 0 Å². The molecular weight excluding hydrogens is 302 g/mol. The van der Waals surface area contributed by atoms with E-state index in [4.69, 9.17) is 9.15 Å². The van der Waals surface area contributed by atoms with Gasteiger partial charge in [-0.15, -0.1) is 0 Å². The maximum absolute atomic E-state index is 12.0. The molecule has 1 N–H and O–H groups in total. The molecule has 0 aliphatic rings. The number of carbonyl (C=O) groups excluding carboxylic acids is 1. The Morgan fingerprint density at radius 3 is 2.42 bits per heavy atom. The van der Waals surface area contributed by atoms with Crippen molar-refractivity contribution in [1.82, 2.24) is 5.32 Å². The predicted molar refractivity (Wildman–Crippen MR) is 95.4 cm³/mol. The van der Waals surface area contributed by atoms with E-state index in [1.807, 2.05) is 26.0 Å². The monoisotopic (exact) mass is 329 g/mol. The van der Waals surface area contributed by atoms with Gasteiger partial charge in [0.05, 0.1) is 0 Å². The summed E-state index contributed by atoms with van der Waals surface area (Å²) in [5, 5.41) is 2.88. The lowest BCUT2D eigenvalue weighted by atomic mass is 9.87. The number of rotatable bonds is 6. The quantitative estimate of drug-likeness (QED) is 0.837. The van der Waals surface area contributed by atoms with Crippen molar-refractivity contribution in [3.63, 3.8) is 0 Å². The molecule has 0 bridgehead atoms. The summed E-state index contributed by atoms with van der Waals surface area (Å²) in [6.07, 6.45) is 0.882. The van der Waals surface area contributed by atoms with Gasteiger partial charge in [0.2, 0.25) is 0 Å². The lowest BCUT2D eigenvalue weighted by Gasteiger charge is -2.19. The number of carbonyl (C=O) groups is 1. The second kappa shape index (κ2) is 7.56. The van der Waals surface area contributed by atoms with Gasteiger partial charge < -0.3 is 14.5 Å². The van der Waals surface area contributed by atoms with E-state index < -0.39 is 0 Å². The van der Waals surface area contributed by atoms with Crippen molar-refractivity contribution in [2.75, 3.05) is 0 Å². The number of ether oxygens (including phenoxy) is 1. The third-order valence-electron chi connectivity index (χ3n) is 3.98. The molecule has 1 amide bonds. The van der Waals surface area contributed by atoms with Crippen LogP contribution >= 0.6 is 0 Å². The Hall–Kier alpha value is -2.23. The van der Waals surface area contributed by atoms with Gasteiger partial charge in [-0.05, 0) is 48.6 Å². The molecule has 1 heterocycles. The van der Waals surface area contributed by atoms with Crippen LogP contribution in [-0.2, 0) is 12.0 Å².